The molecule has 0 aliphatic carbocycles. The number of benzene rings is 1. The Morgan fingerprint density at radius 3 is 2.61 bits per heavy atom. The molecule has 2 atom stereocenters. The van der Waals surface area contributed by atoms with E-state index in [1.807, 2.05) is 0 Å². The Balaban J connectivity index is 1.72. The maximum atomic E-state index is 13.7. The molecule has 0 saturated carbocycles. The Morgan fingerprint density at radius 2 is 1.94 bits per heavy atom. The van der Waals surface area contributed by atoms with E-state index in [0.29, 0.717) is 36.3 Å². The summed E-state index contributed by atoms with van der Waals surface area (Å²) < 4.78 is 27.0. The normalized spacial score (nSPS) is 16.8. The molecule has 0 spiro atoms. The van der Waals surface area contributed by atoms with E-state index in [0.717, 1.165) is 12.1 Å². The molecule has 1 aromatic carbocycles. The van der Waals surface area contributed by atoms with Crippen molar-refractivity contribution in [1.82, 2.24) is 20.5 Å². The van der Waals surface area contributed by atoms with E-state index in [1.54, 1.807) is 12.1 Å². The first kappa shape index (κ1) is 24.1. The summed E-state index contributed by atoms with van der Waals surface area (Å²) >= 11 is 0. The fourth-order valence-corrected chi connectivity index (χ4v) is 3.72. The molecule has 2 amide bonds. The number of halogens is 2. The van der Waals surface area contributed by atoms with Crippen LogP contribution in [0.3, 0.4) is 0 Å². The molecule has 1 aliphatic rings. The number of rotatable bonds is 9. The predicted octanol–water partition coefficient (Wildman–Crippen LogP) is 0.835. The summed E-state index contributed by atoms with van der Waals surface area (Å²) in [6, 6.07) is 4.75. The Hall–Kier alpha value is -3.60. The zero-order chi connectivity index (χ0) is 24.0. The van der Waals surface area contributed by atoms with Crippen LogP contribution in [-0.4, -0.2) is 57.9 Å². The van der Waals surface area contributed by atoms with Crippen LogP contribution in [0.5, 0.6) is 0 Å². The summed E-state index contributed by atoms with van der Waals surface area (Å²) in [5.74, 6) is -3.83. The highest BCUT2D eigenvalue weighted by Gasteiger charge is 2.34. The van der Waals surface area contributed by atoms with Crippen molar-refractivity contribution in [2.24, 2.45) is 0 Å². The third-order valence-corrected chi connectivity index (χ3v) is 5.38. The number of anilines is 1. The number of nitrogens with one attached hydrogen (secondary N) is 2. The molecule has 0 unspecified atom stereocenters. The molecule has 11 heteroatoms. The lowest BCUT2D eigenvalue weighted by atomic mass is 10.0. The number of hydrogen-bond donors (Lipinski definition) is 4. The topological polar surface area (TPSA) is 138 Å². The summed E-state index contributed by atoms with van der Waals surface area (Å²) in [5.41, 5.74) is 6.55. The van der Waals surface area contributed by atoms with Crippen molar-refractivity contribution >= 4 is 23.6 Å². The van der Waals surface area contributed by atoms with Gasteiger partial charge in [0.25, 0.3) is 0 Å². The largest absolute Gasteiger partial charge is 0.480 e. The third kappa shape index (κ3) is 6.69. The van der Waals surface area contributed by atoms with Gasteiger partial charge in [-0.25, -0.2) is 13.8 Å². The van der Waals surface area contributed by atoms with Gasteiger partial charge in [-0.2, -0.15) is 0 Å². The van der Waals surface area contributed by atoms with Gasteiger partial charge in [0.2, 0.25) is 11.8 Å². The summed E-state index contributed by atoms with van der Waals surface area (Å²) in [6.07, 6.45) is 2.52. The average Bonchev–Trinajstić information content (AvgIpc) is 3.22. The van der Waals surface area contributed by atoms with E-state index >= 15 is 0 Å². The van der Waals surface area contributed by atoms with Crippen molar-refractivity contribution in [3.05, 3.63) is 59.3 Å². The maximum Gasteiger partial charge on any atom is 0.317 e. The highest BCUT2D eigenvalue weighted by molar-refractivity contribution is 5.90. The molecule has 5 N–H and O–H groups in total. The number of aliphatic carboxylic acids is 1. The number of nitrogens with two attached hydrogens (primary N) is 1. The minimum Gasteiger partial charge on any atom is -0.480 e. The van der Waals surface area contributed by atoms with Crippen molar-refractivity contribution < 1.29 is 28.3 Å². The number of carboxylic acids is 1. The van der Waals surface area contributed by atoms with Gasteiger partial charge in [-0.1, -0.05) is 12.1 Å². The lowest BCUT2D eigenvalue weighted by Crippen LogP contribution is -2.53. The van der Waals surface area contributed by atoms with Crippen LogP contribution >= 0.6 is 0 Å². The molecule has 176 valence electrons. The smallest absolute Gasteiger partial charge is 0.317 e. The van der Waals surface area contributed by atoms with Gasteiger partial charge in [-0.05, 0) is 48.7 Å². The number of likely N-dealkylation sites (tertiary alicyclic amines) is 1. The SMILES string of the molecule is Nc1ccc(CNC(=O)[C@H](Cc2ccc(F)c(F)c2)NC(=O)[C@H]2CCCN2CC(=O)O)cn1. The molecule has 2 heterocycles. The van der Waals surface area contributed by atoms with Crippen molar-refractivity contribution in [3.8, 4) is 0 Å². The van der Waals surface area contributed by atoms with Crippen LogP contribution in [0.4, 0.5) is 14.6 Å². The second-order valence-electron chi connectivity index (χ2n) is 7.85. The summed E-state index contributed by atoms with van der Waals surface area (Å²) in [5, 5.41) is 14.4. The number of nitrogen functional groups attached to an aromatic ring is 1. The van der Waals surface area contributed by atoms with E-state index < -0.39 is 41.5 Å². The van der Waals surface area contributed by atoms with E-state index in [4.69, 9.17) is 10.8 Å². The quantitative estimate of drug-likeness (QED) is 0.434. The first-order valence-electron chi connectivity index (χ1n) is 10.4. The highest BCUT2D eigenvalue weighted by Crippen LogP contribution is 2.18. The standard InChI is InChI=1S/C22H25F2N5O4/c23-15-5-3-13(8-16(15)24)9-17(21(32)27-11-14-4-6-19(25)26-10-14)28-22(33)18-2-1-7-29(18)12-20(30)31/h3-6,8,10,17-18H,1-2,7,9,11-12H2,(H2,25,26)(H,27,32)(H,28,33)(H,30,31)/t17-,18+/m0/s1. The number of nitrogens with zero attached hydrogens (tertiary/aromatic N) is 2. The van der Waals surface area contributed by atoms with Gasteiger partial charge >= 0.3 is 5.97 Å². The Morgan fingerprint density at radius 1 is 1.18 bits per heavy atom. The fourth-order valence-electron chi connectivity index (χ4n) is 3.72. The molecule has 33 heavy (non-hydrogen) atoms. The Bertz CT molecular complexity index is 1020. The monoisotopic (exact) mass is 461 g/mol. The average molecular weight is 461 g/mol. The molecular formula is C22H25F2N5O4. The number of pyridine rings is 1. The second kappa shape index (κ2) is 10.8. The van der Waals surface area contributed by atoms with E-state index in [9.17, 15) is 23.2 Å². The first-order chi connectivity index (χ1) is 15.7. The van der Waals surface area contributed by atoms with E-state index in [2.05, 4.69) is 15.6 Å². The van der Waals surface area contributed by atoms with Crippen LogP contribution in [0.25, 0.3) is 0 Å². The fraction of sp³-hybridized carbons (Fsp3) is 0.364. The molecule has 9 nitrogen and oxygen atoms in total. The maximum absolute atomic E-state index is 13.7. The first-order valence-corrected chi connectivity index (χ1v) is 10.4. The summed E-state index contributed by atoms with van der Waals surface area (Å²) in [6.45, 7) is 0.279. The summed E-state index contributed by atoms with van der Waals surface area (Å²) in [7, 11) is 0. The summed E-state index contributed by atoms with van der Waals surface area (Å²) in [4.78, 5) is 42.4. The van der Waals surface area contributed by atoms with Gasteiger partial charge < -0.3 is 21.5 Å². The number of amides is 2. The zero-order valence-electron chi connectivity index (χ0n) is 17.8. The van der Waals surface area contributed by atoms with Gasteiger partial charge in [0.05, 0.1) is 12.6 Å². The number of aromatic nitrogens is 1. The number of carboxylic acid groups (broad SMARTS) is 1. The van der Waals surface area contributed by atoms with Crippen LogP contribution < -0.4 is 16.4 Å². The number of carbonyl (C=O) groups is 3. The molecular weight excluding hydrogens is 436 g/mol. The van der Waals surface area contributed by atoms with Gasteiger partial charge in [-0.3, -0.25) is 19.3 Å². The van der Waals surface area contributed by atoms with Crippen LogP contribution in [0, 0.1) is 11.6 Å². The Kier molecular flexibility index (Phi) is 7.88. The minimum atomic E-state index is -1.09. The highest BCUT2D eigenvalue weighted by atomic mass is 19.2. The Labute approximate surface area is 189 Å². The van der Waals surface area contributed by atoms with Crippen LogP contribution in [0.2, 0.25) is 0 Å². The molecule has 3 rings (SSSR count). The van der Waals surface area contributed by atoms with Gasteiger partial charge in [0, 0.05) is 19.2 Å². The number of hydrogen-bond acceptors (Lipinski definition) is 6. The molecule has 1 aliphatic heterocycles. The lowest BCUT2D eigenvalue weighted by Gasteiger charge is -2.25. The van der Waals surface area contributed by atoms with Crippen LogP contribution in [0.1, 0.15) is 24.0 Å². The van der Waals surface area contributed by atoms with Gasteiger partial charge in [0.15, 0.2) is 11.6 Å². The molecule has 2 aromatic rings. The van der Waals surface area contributed by atoms with Gasteiger partial charge in [0.1, 0.15) is 11.9 Å². The minimum absolute atomic E-state index is 0.0829. The number of carbonyl (C=O) groups excluding carboxylic acids is 2. The van der Waals surface area contributed by atoms with Crippen molar-refractivity contribution in [1.29, 1.82) is 0 Å². The van der Waals surface area contributed by atoms with Crippen molar-refractivity contribution in [3.63, 3.8) is 0 Å². The van der Waals surface area contributed by atoms with Crippen molar-refractivity contribution in [2.45, 2.75) is 37.9 Å². The van der Waals surface area contributed by atoms with Crippen LogP contribution in [-0.2, 0) is 27.3 Å². The van der Waals surface area contributed by atoms with E-state index in [-0.39, 0.29) is 19.5 Å². The molecule has 1 saturated heterocycles. The zero-order valence-corrected chi connectivity index (χ0v) is 17.8. The second-order valence-corrected chi connectivity index (χ2v) is 7.85. The predicted molar refractivity (Wildman–Crippen MR) is 115 cm³/mol. The molecule has 1 fully saturated rings. The van der Waals surface area contributed by atoms with Crippen LogP contribution in [0.15, 0.2) is 36.5 Å². The lowest BCUT2D eigenvalue weighted by molar-refractivity contribution is -0.140. The van der Waals surface area contributed by atoms with Gasteiger partial charge in [-0.15, -0.1) is 0 Å². The van der Waals surface area contributed by atoms with Crippen molar-refractivity contribution in [2.75, 3.05) is 18.8 Å². The molecule has 0 radical (unpaired) electrons. The third-order valence-electron chi connectivity index (χ3n) is 5.38. The molecule has 0 bridgehead atoms. The van der Waals surface area contributed by atoms with E-state index in [1.165, 1.54) is 17.2 Å². The molecule has 1 aromatic heterocycles.